The number of guanidine groups is 1. The zero-order valence-electron chi connectivity index (χ0n) is 16.8. The summed E-state index contributed by atoms with van der Waals surface area (Å²) in [6, 6.07) is 12.4. The number of halogens is 3. The average Bonchev–Trinajstić information content (AvgIpc) is 2.68. The van der Waals surface area contributed by atoms with E-state index in [2.05, 4.69) is 31.6 Å². The molecule has 158 valence electrons. The number of nitrogens with zero attached hydrogens (tertiary/aromatic N) is 2. The lowest BCUT2D eigenvalue weighted by molar-refractivity contribution is 0.0827. The Labute approximate surface area is 197 Å². The minimum Gasteiger partial charge on any atom is -0.357 e. The molecule has 0 heterocycles. The third-order valence-electron chi connectivity index (χ3n) is 4.07. The normalized spacial score (nSPS) is 10.9. The van der Waals surface area contributed by atoms with E-state index in [1.54, 1.807) is 31.1 Å². The molecule has 2 N–H and O–H groups in total. The van der Waals surface area contributed by atoms with Gasteiger partial charge in [-0.15, -0.1) is 24.0 Å². The number of carbonyl (C=O) groups is 1. The monoisotopic (exact) mass is 576 g/mol. The maximum atomic E-state index is 13.8. The Morgan fingerprint density at radius 3 is 2.45 bits per heavy atom. The predicted molar refractivity (Wildman–Crippen MR) is 130 cm³/mol. The summed E-state index contributed by atoms with van der Waals surface area (Å²) >= 11 is 3.37. The van der Waals surface area contributed by atoms with Gasteiger partial charge in [-0.05, 0) is 54.8 Å². The van der Waals surface area contributed by atoms with Crippen molar-refractivity contribution in [3.05, 3.63) is 69.4 Å². The molecule has 2 aromatic carbocycles. The number of benzene rings is 2. The summed E-state index contributed by atoms with van der Waals surface area (Å²) in [4.78, 5) is 18.0. The zero-order chi connectivity index (χ0) is 20.5. The van der Waals surface area contributed by atoms with Gasteiger partial charge in [-0.1, -0.05) is 28.1 Å². The number of nitrogens with one attached hydrogen (secondary N) is 2. The van der Waals surface area contributed by atoms with Gasteiger partial charge in [-0.25, -0.2) is 9.38 Å². The highest BCUT2D eigenvalue weighted by Gasteiger charge is 2.07. The van der Waals surface area contributed by atoms with E-state index >= 15 is 0 Å². The van der Waals surface area contributed by atoms with Gasteiger partial charge in [0.25, 0.3) is 5.91 Å². The van der Waals surface area contributed by atoms with Gasteiger partial charge in [0, 0.05) is 37.2 Å². The lowest BCUT2D eigenvalue weighted by Crippen LogP contribution is -2.38. The fourth-order valence-electron chi connectivity index (χ4n) is 2.57. The highest BCUT2D eigenvalue weighted by molar-refractivity contribution is 14.0. The van der Waals surface area contributed by atoms with Gasteiger partial charge >= 0.3 is 0 Å². The van der Waals surface area contributed by atoms with E-state index in [4.69, 9.17) is 0 Å². The predicted octanol–water partition coefficient (Wildman–Crippen LogP) is 4.21. The third-order valence-corrected chi connectivity index (χ3v) is 4.56. The van der Waals surface area contributed by atoms with Crippen molar-refractivity contribution in [3.63, 3.8) is 0 Å². The Balaban J connectivity index is 0.00000420. The summed E-state index contributed by atoms with van der Waals surface area (Å²) in [7, 11) is 3.46. The summed E-state index contributed by atoms with van der Waals surface area (Å²) in [5.41, 5.74) is 2.31. The summed E-state index contributed by atoms with van der Waals surface area (Å²) in [6.07, 6.45) is 0.553. The van der Waals surface area contributed by atoms with Crippen LogP contribution in [0.5, 0.6) is 0 Å². The summed E-state index contributed by atoms with van der Waals surface area (Å²) < 4.78 is 14.7. The molecule has 5 nitrogen and oxygen atoms in total. The van der Waals surface area contributed by atoms with Gasteiger partial charge in [0.1, 0.15) is 5.82 Å². The van der Waals surface area contributed by atoms with Gasteiger partial charge in [0.05, 0.1) is 6.54 Å². The van der Waals surface area contributed by atoms with Crippen molar-refractivity contribution >= 4 is 51.8 Å². The Hall–Kier alpha value is -1.68. The van der Waals surface area contributed by atoms with Crippen molar-refractivity contribution in [1.29, 1.82) is 0 Å². The smallest absolute Gasteiger partial charge is 0.253 e. The second-order valence-corrected chi connectivity index (χ2v) is 7.42. The molecule has 0 aliphatic rings. The molecule has 2 rings (SSSR count). The Morgan fingerprint density at radius 1 is 1.14 bits per heavy atom. The molecule has 0 unspecified atom stereocenters. The van der Waals surface area contributed by atoms with Gasteiger partial charge in [-0.2, -0.15) is 0 Å². The zero-order valence-corrected chi connectivity index (χ0v) is 20.8. The maximum Gasteiger partial charge on any atom is 0.253 e. The summed E-state index contributed by atoms with van der Waals surface area (Å²) in [5.74, 6) is 0.440. The molecule has 2 aromatic rings. The van der Waals surface area contributed by atoms with Crippen LogP contribution < -0.4 is 10.6 Å². The molecule has 8 heteroatoms. The van der Waals surface area contributed by atoms with E-state index in [9.17, 15) is 9.18 Å². The van der Waals surface area contributed by atoms with Crippen LogP contribution >= 0.6 is 39.9 Å². The number of hydrogen-bond acceptors (Lipinski definition) is 2. The molecule has 0 aliphatic carbocycles. The number of amides is 1. The van der Waals surface area contributed by atoms with E-state index in [1.165, 1.54) is 6.07 Å². The highest BCUT2D eigenvalue weighted by atomic mass is 127. The quantitative estimate of drug-likeness (QED) is 0.295. The van der Waals surface area contributed by atoms with Crippen molar-refractivity contribution in [1.82, 2.24) is 15.5 Å². The molecular formula is C21H27BrFIN4O. The SMILES string of the molecule is CCNC(=NCc1ccc(C(=O)N(C)C)cc1)NCCc1cc(Br)ccc1F.I. The largest absolute Gasteiger partial charge is 0.357 e. The topological polar surface area (TPSA) is 56.7 Å². The average molecular weight is 577 g/mol. The molecule has 0 saturated carbocycles. The van der Waals surface area contributed by atoms with Gasteiger partial charge in [-0.3, -0.25) is 4.79 Å². The van der Waals surface area contributed by atoms with Crippen LogP contribution in [0.4, 0.5) is 4.39 Å². The van der Waals surface area contributed by atoms with Crippen molar-refractivity contribution in [2.24, 2.45) is 4.99 Å². The standard InChI is InChI=1S/C21H26BrFN4O.HI/c1-4-24-21(25-12-11-17-13-18(22)9-10-19(17)23)26-14-15-5-7-16(8-6-15)20(28)27(2)3;/h5-10,13H,4,11-12,14H2,1-3H3,(H2,24,25,26);1H. The number of aliphatic imine (C=N–C) groups is 1. The van der Waals surface area contributed by atoms with E-state index in [1.807, 2.05) is 31.2 Å². The van der Waals surface area contributed by atoms with E-state index in [0.717, 1.165) is 16.6 Å². The van der Waals surface area contributed by atoms with Gasteiger partial charge < -0.3 is 15.5 Å². The first-order chi connectivity index (χ1) is 13.4. The molecule has 1 amide bonds. The fourth-order valence-corrected chi connectivity index (χ4v) is 2.98. The van der Waals surface area contributed by atoms with Crippen molar-refractivity contribution in [2.75, 3.05) is 27.2 Å². The van der Waals surface area contributed by atoms with Crippen LogP contribution in [0.1, 0.15) is 28.4 Å². The first-order valence-corrected chi connectivity index (χ1v) is 9.96. The minimum absolute atomic E-state index is 0. The molecule has 0 aromatic heterocycles. The lowest BCUT2D eigenvalue weighted by atomic mass is 10.1. The van der Waals surface area contributed by atoms with Crippen LogP contribution in [-0.4, -0.2) is 44.0 Å². The molecular weight excluding hydrogens is 550 g/mol. The van der Waals surface area contributed by atoms with Crippen LogP contribution in [0, 0.1) is 5.82 Å². The van der Waals surface area contributed by atoms with E-state index in [0.29, 0.717) is 36.6 Å². The lowest BCUT2D eigenvalue weighted by Gasteiger charge is -2.12. The van der Waals surface area contributed by atoms with E-state index < -0.39 is 0 Å². The number of carbonyl (C=O) groups excluding carboxylic acids is 1. The van der Waals surface area contributed by atoms with Crippen molar-refractivity contribution in [3.8, 4) is 0 Å². The minimum atomic E-state index is -0.209. The van der Waals surface area contributed by atoms with Crippen LogP contribution in [0.2, 0.25) is 0 Å². The van der Waals surface area contributed by atoms with Crippen molar-refractivity contribution < 1.29 is 9.18 Å². The highest BCUT2D eigenvalue weighted by Crippen LogP contribution is 2.15. The molecule has 0 bridgehead atoms. The van der Waals surface area contributed by atoms with Crippen LogP contribution in [0.15, 0.2) is 51.9 Å². The van der Waals surface area contributed by atoms with Gasteiger partial charge in [0.15, 0.2) is 5.96 Å². The molecule has 0 fully saturated rings. The van der Waals surface area contributed by atoms with Gasteiger partial charge in [0.2, 0.25) is 0 Å². The molecule has 0 spiro atoms. The molecule has 0 radical (unpaired) electrons. The summed E-state index contributed by atoms with van der Waals surface area (Å²) in [5, 5.41) is 6.41. The molecule has 0 saturated heterocycles. The van der Waals surface area contributed by atoms with Crippen LogP contribution in [-0.2, 0) is 13.0 Å². The maximum absolute atomic E-state index is 13.8. The Bertz CT molecular complexity index is 828. The number of hydrogen-bond donors (Lipinski definition) is 2. The second kappa shape index (κ2) is 12.8. The third kappa shape index (κ3) is 8.30. The fraction of sp³-hybridized carbons (Fsp3) is 0.333. The molecule has 0 atom stereocenters. The number of rotatable bonds is 7. The molecule has 29 heavy (non-hydrogen) atoms. The second-order valence-electron chi connectivity index (χ2n) is 6.50. The first-order valence-electron chi connectivity index (χ1n) is 9.17. The first kappa shape index (κ1) is 25.4. The summed E-state index contributed by atoms with van der Waals surface area (Å²) in [6.45, 7) is 3.77. The Morgan fingerprint density at radius 2 is 1.83 bits per heavy atom. The van der Waals surface area contributed by atoms with E-state index in [-0.39, 0.29) is 35.7 Å². The van der Waals surface area contributed by atoms with Crippen LogP contribution in [0.3, 0.4) is 0 Å². The van der Waals surface area contributed by atoms with Crippen molar-refractivity contribution in [2.45, 2.75) is 19.9 Å². The van der Waals surface area contributed by atoms with Crippen LogP contribution in [0.25, 0.3) is 0 Å². The Kier molecular flexibility index (Phi) is 11.2. The molecule has 0 aliphatic heterocycles.